The molecule has 1 aliphatic heterocycles. The van der Waals surface area contributed by atoms with E-state index >= 15 is 0 Å². The van der Waals surface area contributed by atoms with Crippen molar-refractivity contribution < 1.29 is 9.84 Å². The summed E-state index contributed by atoms with van der Waals surface area (Å²) in [6, 6.07) is 8.23. The van der Waals surface area contributed by atoms with Crippen molar-refractivity contribution in [1.82, 2.24) is 9.97 Å². The van der Waals surface area contributed by atoms with Crippen LogP contribution in [0.5, 0.6) is 0 Å². The normalized spacial score (nSPS) is 24.7. The molecule has 1 fully saturated rings. The van der Waals surface area contributed by atoms with Gasteiger partial charge in [0.2, 0.25) is 5.95 Å². The van der Waals surface area contributed by atoms with Crippen molar-refractivity contribution in [3.05, 3.63) is 24.3 Å². The SMILES string of the molecule is CC1COC(CO)CN1c1nc2ccccc2[nH]1. The third-order valence-electron chi connectivity index (χ3n) is 3.36. The lowest BCUT2D eigenvalue weighted by Gasteiger charge is -2.37. The Labute approximate surface area is 105 Å². The minimum Gasteiger partial charge on any atom is -0.394 e. The molecule has 2 aromatic rings. The van der Waals surface area contributed by atoms with Gasteiger partial charge in [-0.05, 0) is 19.1 Å². The molecule has 96 valence electrons. The van der Waals surface area contributed by atoms with Crippen LogP contribution < -0.4 is 4.90 Å². The van der Waals surface area contributed by atoms with Crippen molar-refractivity contribution in [2.24, 2.45) is 0 Å². The maximum absolute atomic E-state index is 9.20. The number of benzene rings is 1. The van der Waals surface area contributed by atoms with E-state index in [0.717, 1.165) is 17.0 Å². The highest BCUT2D eigenvalue weighted by atomic mass is 16.5. The number of rotatable bonds is 2. The standard InChI is InChI=1S/C13H17N3O2/c1-9-8-18-10(7-17)6-16(9)13-14-11-4-2-3-5-12(11)15-13/h2-5,9-10,17H,6-8H2,1H3,(H,14,15). The molecule has 2 heterocycles. The van der Waals surface area contributed by atoms with Gasteiger partial charge in [0.15, 0.2) is 0 Å². The zero-order valence-electron chi connectivity index (χ0n) is 10.3. The van der Waals surface area contributed by atoms with Crippen LogP contribution >= 0.6 is 0 Å². The summed E-state index contributed by atoms with van der Waals surface area (Å²) in [5.74, 6) is 0.852. The van der Waals surface area contributed by atoms with Crippen LogP contribution in [0.3, 0.4) is 0 Å². The van der Waals surface area contributed by atoms with E-state index in [1.54, 1.807) is 0 Å². The third kappa shape index (κ3) is 1.95. The molecule has 0 spiro atoms. The van der Waals surface area contributed by atoms with E-state index < -0.39 is 0 Å². The summed E-state index contributed by atoms with van der Waals surface area (Å²) in [6.07, 6.45) is -0.130. The number of aromatic amines is 1. The van der Waals surface area contributed by atoms with Crippen LogP contribution in [0.2, 0.25) is 0 Å². The number of hydrogen-bond acceptors (Lipinski definition) is 4. The topological polar surface area (TPSA) is 61.4 Å². The highest BCUT2D eigenvalue weighted by Crippen LogP contribution is 2.22. The lowest BCUT2D eigenvalue weighted by atomic mass is 10.2. The van der Waals surface area contributed by atoms with Gasteiger partial charge in [-0.25, -0.2) is 4.98 Å². The first kappa shape index (κ1) is 11.5. The second kappa shape index (κ2) is 4.59. The Morgan fingerprint density at radius 1 is 1.50 bits per heavy atom. The third-order valence-corrected chi connectivity index (χ3v) is 3.36. The number of ether oxygens (including phenoxy) is 1. The van der Waals surface area contributed by atoms with Gasteiger partial charge in [-0.2, -0.15) is 0 Å². The number of H-pyrrole nitrogens is 1. The molecular formula is C13H17N3O2. The number of hydrogen-bond donors (Lipinski definition) is 2. The summed E-state index contributed by atoms with van der Waals surface area (Å²) in [5, 5.41) is 9.20. The average molecular weight is 247 g/mol. The molecule has 2 unspecified atom stereocenters. The molecule has 0 bridgehead atoms. The minimum absolute atomic E-state index is 0.0451. The second-order valence-electron chi connectivity index (χ2n) is 4.72. The molecule has 3 rings (SSSR count). The van der Waals surface area contributed by atoms with Gasteiger partial charge in [0.05, 0.1) is 36.4 Å². The number of aliphatic hydroxyl groups excluding tert-OH is 1. The van der Waals surface area contributed by atoms with Crippen molar-refractivity contribution in [2.45, 2.75) is 19.1 Å². The zero-order valence-corrected chi connectivity index (χ0v) is 10.3. The Kier molecular flexibility index (Phi) is 2.93. The largest absolute Gasteiger partial charge is 0.394 e. The maximum Gasteiger partial charge on any atom is 0.204 e. The fourth-order valence-electron chi connectivity index (χ4n) is 2.30. The first-order valence-electron chi connectivity index (χ1n) is 6.22. The van der Waals surface area contributed by atoms with Gasteiger partial charge >= 0.3 is 0 Å². The van der Waals surface area contributed by atoms with Gasteiger partial charge in [0.1, 0.15) is 0 Å². The fraction of sp³-hybridized carbons (Fsp3) is 0.462. The molecular weight excluding hydrogens is 230 g/mol. The number of morpholine rings is 1. The van der Waals surface area contributed by atoms with Gasteiger partial charge in [0, 0.05) is 6.54 Å². The Morgan fingerprint density at radius 3 is 3.11 bits per heavy atom. The quantitative estimate of drug-likeness (QED) is 0.835. The molecule has 1 saturated heterocycles. The monoisotopic (exact) mass is 247 g/mol. The summed E-state index contributed by atoms with van der Waals surface area (Å²) in [5.41, 5.74) is 2.00. The van der Waals surface area contributed by atoms with Crippen LogP contribution in [-0.2, 0) is 4.74 Å². The molecule has 5 heteroatoms. The van der Waals surface area contributed by atoms with Crippen molar-refractivity contribution in [1.29, 1.82) is 0 Å². The second-order valence-corrected chi connectivity index (χ2v) is 4.72. The van der Waals surface area contributed by atoms with Crippen molar-refractivity contribution in [3.63, 3.8) is 0 Å². The van der Waals surface area contributed by atoms with E-state index in [1.807, 2.05) is 24.3 Å². The van der Waals surface area contributed by atoms with Crippen LogP contribution in [-0.4, -0.2) is 47.0 Å². The Hall–Kier alpha value is -1.59. The van der Waals surface area contributed by atoms with E-state index in [-0.39, 0.29) is 18.8 Å². The summed E-state index contributed by atoms with van der Waals surface area (Å²) in [6.45, 7) is 3.42. The molecule has 0 amide bonds. The molecule has 18 heavy (non-hydrogen) atoms. The van der Waals surface area contributed by atoms with Crippen LogP contribution in [0.15, 0.2) is 24.3 Å². The zero-order chi connectivity index (χ0) is 12.5. The summed E-state index contributed by atoms with van der Waals surface area (Å²) < 4.78 is 5.53. The van der Waals surface area contributed by atoms with Gasteiger partial charge < -0.3 is 19.7 Å². The Balaban J connectivity index is 1.92. The van der Waals surface area contributed by atoms with Crippen LogP contribution in [0.1, 0.15) is 6.92 Å². The highest BCUT2D eigenvalue weighted by molar-refractivity contribution is 5.77. The van der Waals surface area contributed by atoms with Gasteiger partial charge in [0.25, 0.3) is 0 Å². The number of nitrogens with zero attached hydrogens (tertiary/aromatic N) is 2. The van der Waals surface area contributed by atoms with E-state index in [0.29, 0.717) is 13.2 Å². The van der Waals surface area contributed by atoms with E-state index in [9.17, 15) is 5.11 Å². The number of para-hydroxylation sites is 2. The van der Waals surface area contributed by atoms with Gasteiger partial charge in [-0.1, -0.05) is 12.1 Å². The number of imidazole rings is 1. The molecule has 0 aliphatic carbocycles. The Morgan fingerprint density at radius 2 is 2.33 bits per heavy atom. The molecule has 1 aromatic heterocycles. The number of fused-ring (bicyclic) bond motifs is 1. The average Bonchev–Trinajstić information content (AvgIpc) is 2.82. The molecule has 2 N–H and O–H groups in total. The summed E-state index contributed by atoms with van der Waals surface area (Å²) in [4.78, 5) is 10.1. The van der Waals surface area contributed by atoms with Crippen LogP contribution in [0.25, 0.3) is 11.0 Å². The number of nitrogens with one attached hydrogen (secondary N) is 1. The van der Waals surface area contributed by atoms with Crippen molar-refractivity contribution in [2.75, 3.05) is 24.7 Å². The smallest absolute Gasteiger partial charge is 0.204 e. The molecule has 5 nitrogen and oxygen atoms in total. The molecule has 0 saturated carbocycles. The number of aromatic nitrogens is 2. The molecule has 2 atom stereocenters. The summed E-state index contributed by atoms with van der Waals surface area (Å²) in [7, 11) is 0. The van der Waals surface area contributed by atoms with E-state index in [4.69, 9.17) is 4.74 Å². The van der Waals surface area contributed by atoms with Gasteiger partial charge in [-0.15, -0.1) is 0 Å². The predicted molar refractivity (Wildman–Crippen MR) is 69.7 cm³/mol. The molecule has 1 aliphatic rings. The predicted octanol–water partition coefficient (Wildman–Crippen LogP) is 1.15. The van der Waals surface area contributed by atoms with E-state index in [2.05, 4.69) is 21.8 Å². The maximum atomic E-state index is 9.20. The van der Waals surface area contributed by atoms with Crippen molar-refractivity contribution >= 4 is 17.0 Å². The lowest BCUT2D eigenvalue weighted by Crippen LogP contribution is -2.50. The summed E-state index contributed by atoms with van der Waals surface area (Å²) >= 11 is 0. The Bertz CT molecular complexity index is 507. The van der Waals surface area contributed by atoms with Gasteiger partial charge in [-0.3, -0.25) is 0 Å². The molecule has 0 radical (unpaired) electrons. The first-order chi connectivity index (χ1) is 8.78. The minimum atomic E-state index is -0.130. The number of aliphatic hydroxyl groups is 1. The lowest BCUT2D eigenvalue weighted by molar-refractivity contribution is -0.0107. The van der Waals surface area contributed by atoms with Crippen molar-refractivity contribution in [3.8, 4) is 0 Å². The van der Waals surface area contributed by atoms with E-state index in [1.165, 1.54) is 0 Å². The first-order valence-corrected chi connectivity index (χ1v) is 6.22. The molecule has 1 aromatic carbocycles. The highest BCUT2D eigenvalue weighted by Gasteiger charge is 2.27. The number of anilines is 1. The fourth-order valence-corrected chi connectivity index (χ4v) is 2.30. The van der Waals surface area contributed by atoms with Crippen LogP contribution in [0, 0.1) is 0 Å². The van der Waals surface area contributed by atoms with Crippen LogP contribution in [0.4, 0.5) is 5.95 Å².